The van der Waals surface area contributed by atoms with Gasteiger partial charge in [0.25, 0.3) is 0 Å². The predicted octanol–water partition coefficient (Wildman–Crippen LogP) is 7.42. The predicted molar refractivity (Wildman–Crippen MR) is 182 cm³/mol. The van der Waals surface area contributed by atoms with E-state index in [-0.39, 0.29) is 17.9 Å². The molecule has 5 nitrogen and oxygen atoms in total. The number of hydrogen-bond acceptors (Lipinski definition) is 3. The topological polar surface area (TPSA) is 61.4 Å². The molecule has 6 rings (SSSR count). The second-order valence-corrected chi connectivity index (χ2v) is 12.0. The Labute approximate surface area is 269 Å². The average Bonchev–Trinajstić information content (AvgIpc) is 3.10. The molecular weight excluding hydrogens is 566 g/mol. The van der Waals surface area contributed by atoms with Crippen LogP contribution in [0, 0.1) is 0 Å². The summed E-state index contributed by atoms with van der Waals surface area (Å²) >= 11 is 6.11. The second kappa shape index (κ2) is 16.8. The molecular formula is C38H50ClN3O2. The first kappa shape index (κ1) is 33.7. The Bertz CT molecular complexity index is 1360. The maximum atomic E-state index is 13.9. The summed E-state index contributed by atoms with van der Waals surface area (Å²) in [7, 11) is 0. The number of fused-ring (bicyclic) bond motifs is 2. The molecule has 0 radical (unpaired) electrons. The minimum atomic E-state index is -0.617. The van der Waals surface area contributed by atoms with Gasteiger partial charge in [-0.2, -0.15) is 0 Å². The van der Waals surface area contributed by atoms with Crippen molar-refractivity contribution in [2.75, 3.05) is 13.1 Å². The quantitative estimate of drug-likeness (QED) is 0.303. The van der Waals surface area contributed by atoms with Crippen molar-refractivity contribution in [1.29, 1.82) is 0 Å². The molecule has 6 heteroatoms. The molecule has 2 amide bonds. The molecule has 1 saturated heterocycles. The Morgan fingerprint density at radius 1 is 0.864 bits per heavy atom. The molecule has 1 fully saturated rings. The highest BCUT2D eigenvalue weighted by molar-refractivity contribution is 6.30. The maximum absolute atomic E-state index is 13.9. The summed E-state index contributed by atoms with van der Waals surface area (Å²) in [5.41, 5.74) is 7.98. The lowest BCUT2D eigenvalue weighted by Crippen LogP contribution is -2.56. The van der Waals surface area contributed by atoms with Gasteiger partial charge in [0.1, 0.15) is 6.04 Å². The summed E-state index contributed by atoms with van der Waals surface area (Å²) in [5, 5.41) is 7.16. The Kier molecular flexibility index (Phi) is 12.9. The van der Waals surface area contributed by atoms with E-state index in [2.05, 4.69) is 41.0 Å². The number of halogens is 1. The summed E-state index contributed by atoms with van der Waals surface area (Å²) < 4.78 is 0. The van der Waals surface area contributed by atoms with Gasteiger partial charge in [-0.25, -0.2) is 0 Å². The number of likely N-dealkylation sites (tertiary alicyclic amines) is 1. The lowest BCUT2D eigenvalue weighted by Gasteiger charge is -2.36. The van der Waals surface area contributed by atoms with E-state index in [9.17, 15) is 9.59 Å². The van der Waals surface area contributed by atoms with Crippen LogP contribution in [0.1, 0.15) is 92.7 Å². The number of nitrogens with zero attached hydrogens (tertiary/aromatic N) is 1. The van der Waals surface area contributed by atoms with Crippen LogP contribution in [0.3, 0.4) is 0 Å². The van der Waals surface area contributed by atoms with Crippen LogP contribution in [0.4, 0.5) is 0 Å². The third-order valence-electron chi connectivity index (χ3n) is 9.04. The van der Waals surface area contributed by atoms with Crippen LogP contribution in [0.5, 0.6) is 0 Å². The summed E-state index contributed by atoms with van der Waals surface area (Å²) in [4.78, 5) is 29.4. The van der Waals surface area contributed by atoms with Crippen LogP contribution in [0.15, 0.2) is 66.7 Å². The van der Waals surface area contributed by atoms with E-state index < -0.39 is 6.04 Å². The number of rotatable bonds is 6. The number of carbonyl (C=O) groups excluding carboxylic acids is 2. The monoisotopic (exact) mass is 615 g/mol. The van der Waals surface area contributed by atoms with Crippen LogP contribution in [0.2, 0.25) is 5.02 Å². The van der Waals surface area contributed by atoms with Crippen molar-refractivity contribution in [2.45, 2.75) is 104 Å². The summed E-state index contributed by atoms with van der Waals surface area (Å²) in [5.74, 6) is 0.383. The van der Waals surface area contributed by atoms with Gasteiger partial charge >= 0.3 is 0 Å². The maximum Gasteiger partial charge on any atom is 0.245 e. The number of benzene rings is 3. The van der Waals surface area contributed by atoms with Crippen LogP contribution < -0.4 is 10.6 Å². The van der Waals surface area contributed by atoms with Gasteiger partial charge in [0.15, 0.2) is 0 Å². The molecule has 1 unspecified atom stereocenters. The van der Waals surface area contributed by atoms with Crippen LogP contribution in [-0.4, -0.2) is 41.9 Å². The molecule has 2 atom stereocenters. The number of aryl methyl sites for hydroxylation is 1. The zero-order chi connectivity index (χ0) is 31.5. The van der Waals surface area contributed by atoms with Gasteiger partial charge in [-0.05, 0) is 96.4 Å². The van der Waals surface area contributed by atoms with Gasteiger partial charge in [0, 0.05) is 31.1 Å². The fourth-order valence-electron chi connectivity index (χ4n) is 6.79. The van der Waals surface area contributed by atoms with Crippen molar-refractivity contribution in [3.8, 4) is 0 Å². The zero-order valence-corrected chi connectivity index (χ0v) is 27.8. The van der Waals surface area contributed by atoms with Crippen molar-refractivity contribution in [3.63, 3.8) is 0 Å². The molecule has 0 aromatic heterocycles. The molecule has 0 bridgehead atoms. The van der Waals surface area contributed by atoms with Gasteiger partial charge in [-0.3, -0.25) is 9.59 Å². The van der Waals surface area contributed by atoms with Crippen molar-refractivity contribution < 1.29 is 9.59 Å². The standard InChI is InChI=1S/C34H38ClN3O2.2C2H6/c35-28-14-12-23(13-15-28)20-32(37-33(39)31-21-26-7-1-2-8-27(26)22-36-31)34(40)38-18-16-25(17-19-38)30-11-5-9-24-6-3-4-10-29(24)30;2*1-2/h1-2,5,7-9,11-15,25,31-32,36H,3-4,6,10,16-22H2,(H,37,39);2*1-2H3/t31?,32-;;/m1../s1. The summed E-state index contributed by atoms with van der Waals surface area (Å²) in [6.45, 7) is 10.1. The number of carbonyl (C=O) groups is 2. The van der Waals surface area contributed by atoms with Gasteiger partial charge in [0.2, 0.25) is 11.8 Å². The number of amides is 2. The summed E-state index contributed by atoms with van der Waals surface area (Å²) in [6.07, 6.45) is 7.92. The van der Waals surface area contributed by atoms with Crippen LogP contribution in [0.25, 0.3) is 0 Å². The number of piperidine rings is 1. The molecule has 2 aliphatic heterocycles. The van der Waals surface area contributed by atoms with E-state index >= 15 is 0 Å². The SMILES string of the molecule is CC.CC.O=C(N[C@H](Cc1ccc(Cl)cc1)C(=O)N1CCC(c2cccc3c2CCCC3)CC1)C1Cc2ccccc2CN1. The van der Waals surface area contributed by atoms with Gasteiger partial charge in [-0.1, -0.05) is 93.9 Å². The molecule has 44 heavy (non-hydrogen) atoms. The van der Waals surface area contributed by atoms with Crippen molar-refractivity contribution in [2.24, 2.45) is 0 Å². The molecule has 3 aromatic rings. The first-order chi connectivity index (χ1) is 21.5. The van der Waals surface area contributed by atoms with Crippen molar-refractivity contribution in [3.05, 3.63) is 105 Å². The first-order valence-electron chi connectivity index (χ1n) is 16.8. The normalized spacial score (nSPS) is 18.3. The Hall–Kier alpha value is -3.15. The minimum Gasteiger partial charge on any atom is -0.343 e. The highest BCUT2D eigenvalue weighted by atomic mass is 35.5. The Morgan fingerprint density at radius 3 is 2.25 bits per heavy atom. The molecule has 3 aromatic carbocycles. The first-order valence-corrected chi connectivity index (χ1v) is 17.2. The second-order valence-electron chi connectivity index (χ2n) is 11.6. The van der Waals surface area contributed by atoms with Crippen molar-refractivity contribution >= 4 is 23.4 Å². The molecule has 2 N–H and O–H groups in total. The lowest BCUT2D eigenvalue weighted by molar-refractivity contribution is -0.137. The molecule has 1 aliphatic carbocycles. The molecule has 3 aliphatic rings. The fourth-order valence-corrected chi connectivity index (χ4v) is 6.92. The largest absolute Gasteiger partial charge is 0.343 e. The van der Waals surface area contributed by atoms with E-state index in [1.165, 1.54) is 47.9 Å². The Morgan fingerprint density at radius 2 is 1.52 bits per heavy atom. The van der Waals surface area contributed by atoms with E-state index in [0.29, 0.717) is 30.3 Å². The highest BCUT2D eigenvalue weighted by Crippen LogP contribution is 2.35. The Balaban J connectivity index is 0.00000106. The van der Waals surface area contributed by atoms with E-state index in [4.69, 9.17) is 11.6 Å². The zero-order valence-electron chi connectivity index (χ0n) is 27.0. The average molecular weight is 616 g/mol. The number of nitrogens with one attached hydrogen (secondary N) is 2. The third kappa shape index (κ3) is 8.31. The van der Waals surface area contributed by atoms with Gasteiger partial charge < -0.3 is 15.5 Å². The molecule has 0 spiro atoms. The lowest BCUT2D eigenvalue weighted by atomic mass is 9.80. The van der Waals surface area contributed by atoms with Crippen LogP contribution >= 0.6 is 11.6 Å². The highest BCUT2D eigenvalue weighted by Gasteiger charge is 2.33. The van der Waals surface area contributed by atoms with E-state index in [1.54, 1.807) is 5.56 Å². The van der Waals surface area contributed by atoms with E-state index in [1.807, 2.05) is 69.0 Å². The smallest absolute Gasteiger partial charge is 0.245 e. The molecule has 2 heterocycles. The summed E-state index contributed by atoms with van der Waals surface area (Å²) in [6, 6.07) is 21.6. The minimum absolute atomic E-state index is 0.00745. The van der Waals surface area contributed by atoms with Gasteiger partial charge in [-0.15, -0.1) is 0 Å². The van der Waals surface area contributed by atoms with Gasteiger partial charge in [0.05, 0.1) is 6.04 Å². The van der Waals surface area contributed by atoms with Crippen molar-refractivity contribution in [1.82, 2.24) is 15.5 Å². The molecule has 236 valence electrons. The van der Waals surface area contributed by atoms with E-state index in [0.717, 1.165) is 31.5 Å². The number of hydrogen-bond donors (Lipinski definition) is 2. The fraction of sp³-hybridized carbons (Fsp3) is 0.474. The third-order valence-corrected chi connectivity index (χ3v) is 9.30. The van der Waals surface area contributed by atoms with Crippen LogP contribution in [-0.2, 0) is 41.8 Å². The molecule has 0 saturated carbocycles.